The first-order valence-corrected chi connectivity index (χ1v) is 8.82. The monoisotopic (exact) mass is 441 g/mol. The minimum absolute atomic E-state index is 0.0822. The number of aliphatic hydroxyl groups excluding tert-OH is 1. The Balaban J connectivity index is 2.23. The molecule has 2 aromatic rings. The lowest BCUT2D eigenvalue weighted by atomic mass is 10.0. The zero-order valence-corrected chi connectivity index (χ0v) is 16.7. The van der Waals surface area contributed by atoms with Gasteiger partial charge in [-0.1, -0.05) is 30.3 Å². The van der Waals surface area contributed by atoms with Crippen LogP contribution in [0.4, 0.5) is 4.39 Å². The van der Waals surface area contributed by atoms with E-state index in [4.69, 9.17) is 14.2 Å². The van der Waals surface area contributed by atoms with Crippen molar-refractivity contribution in [3.05, 3.63) is 53.6 Å². The highest BCUT2D eigenvalue weighted by molar-refractivity contribution is 9.10. The molecule has 2 atom stereocenters. The Labute approximate surface area is 165 Å². The van der Waals surface area contributed by atoms with E-state index < -0.39 is 16.6 Å². The maximum absolute atomic E-state index is 15.1. The highest BCUT2D eigenvalue weighted by atomic mass is 79.9. The third-order valence-electron chi connectivity index (χ3n) is 3.94. The highest BCUT2D eigenvalue weighted by Gasteiger charge is 2.44. The van der Waals surface area contributed by atoms with Gasteiger partial charge in [0.1, 0.15) is 6.10 Å². The van der Waals surface area contributed by atoms with Crippen LogP contribution in [0.1, 0.15) is 17.2 Å². The number of aliphatic hydroxyl groups is 1. The van der Waals surface area contributed by atoms with Crippen LogP contribution in [0.3, 0.4) is 0 Å². The van der Waals surface area contributed by atoms with Crippen molar-refractivity contribution in [1.29, 1.82) is 0 Å². The minimum atomic E-state index is -2.76. The molecule has 0 radical (unpaired) electrons. The first-order valence-electron chi connectivity index (χ1n) is 8.03. The molecular weight excluding hydrogens is 421 g/mol. The number of ether oxygens (including phenoxy) is 3. The molecule has 0 aliphatic carbocycles. The number of hydrogen-bond donors (Lipinski definition) is 2. The van der Waals surface area contributed by atoms with E-state index in [1.807, 2.05) is 18.2 Å². The molecule has 2 aromatic carbocycles. The average Bonchev–Trinajstić information content (AvgIpc) is 2.70. The first kappa shape index (κ1) is 21.0. The summed E-state index contributed by atoms with van der Waals surface area (Å²) in [5, 5.41) is 12.9. The van der Waals surface area contributed by atoms with Crippen molar-refractivity contribution in [2.75, 3.05) is 21.3 Å². The molecule has 0 aliphatic rings. The fourth-order valence-electron chi connectivity index (χ4n) is 2.49. The van der Waals surface area contributed by atoms with Crippen molar-refractivity contribution in [3.63, 3.8) is 0 Å². The largest absolute Gasteiger partial charge is 0.493 e. The van der Waals surface area contributed by atoms with E-state index in [1.165, 1.54) is 33.5 Å². The fraction of sp³-hybridized carbons (Fsp3) is 0.316. The Morgan fingerprint density at radius 2 is 1.70 bits per heavy atom. The van der Waals surface area contributed by atoms with E-state index in [1.54, 1.807) is 12.1 Å². The molecule has 2 rings (SSSR count). The molecule has 6 nitrogen and oxygen atoms in total. The SMILES string of the molecule is COc1cc([C@@H](O)[C@](F)(Br)C(=O)NCc2ccccc2)cc(OC)c1OC. The number of halogens is 2. The van der Waals surface area contributed by atoms with Gasteiger partial charge in [-0.2, -0.15) is 0 Å². The van der Waals surface area contributed by atoms with Crippen LogP contribution in [0.15, 0.2) is 42.5 Å². The number of carbonyl (C=O) groups excluding carboxylic acids is 1. The maximum atomic E-state index is 15.1. The van der Waals surface area contributed by atoms with Gasteiger partial charge in [-0.05, 0) is 39.2 Å². The number of benzene rings is 2. The number of nitrogens with one attached hydrogen (secondary N) is 1. The third-order valence-corrected chi connectivity index (χ3v) is 4.74. The van der Waals surface area contributed by atoms with Crippen LogP contribution in [-0.2, 0) is 11.3 Å². The standard InChI is InChI=1S/C19H21BrFNO5/c1-25-14-9-13(10-15(26-2)16(14)27-3)17(23)19(20,21)18(24)22-11-12-7-5-4-6-8-12/h4-10,17,23H,11H2,1-3H3,(H,22,24)/t17-,19-/m1/s1. The number of carbonyl (C=O) groups is 1. The van der Waals surface area contributed by atoms with E-state index in [0.717, 1.165) is 5.56 Å². The van der Waals surface area contributed by atoms with Crippen LogP contribution in [0.2, 0.25) is 0 Å². The van der Waals surface area contributed by atoms with Crippen LogP contribution in [0, 0.1) is 0 Å². The average molecular weight is 442 g/mol. The topological polar surface area (TPSA) is 77.0 Å². The molecule has 146 valence electrons. The van der Waals surface area contributed by atoms with Gasteiger partial charge in [-0.15, -0.1) is 0 Å². The molecule has 0 saturated heterocycles. The van der Waals surface area contributed by atoms with E-state index in [-0.39, 0.29) is 23.6 Å². The zero-order valence-electron chi connectivity index (χ0n) is 15.2. The van der Waals surface area contributed by atoms with Gasteiger partial charge in [0.05, 0.1) is 21.3 Å². The van der Waals surface area contributed by atoms with Gasteiger partial charge in [0.25, 0.3) is 10.5 Å². The number of hydrogen-bond acceptors (Lipinski definition) is 5. The number of amides is 1. The lowest BCUT2D eigenvalue weighted by molar-refractivity contribution is -0.132. The molecule has 0 saturated carbocycles. The molecule has 0 unspecified atom stereocenters. The fourth-order valence-corrected chi connectivity index (χ4v) is 2.89. The van der Waals surface area contributed by atoms with Gasteiger partial charge < -0.3 is 24.6 Å². The lowest BCUT2D eigenvalue weighted by Gasteiger charge is -2.25. The Morgan fingerprint density at radius 1 is 1.15 bits per heavy atom. The van der Waals surface area contributed by atoms with E-state index >= 15 is 4.39 Å². The van der Waals surface area contributed by atoms with Crippen molar-refractivity contribution in [3.8, 4) is 17.2 Å². The molecule has 0 aliphatic heterocycles. The Bertz CT molecular complexity index is 760. The molecule has 1 amide bonds. The summed E-state index contributed by atoms with van der Waals surface area (Å²) in [4.78, 5) is 12.3. The Hall–Kier alpha value is -2.32. The third kappa shape index (κ3) is 4.70. The number of alkyl halides is 2. The Kier molecular flexibility index (Phi) is 7.04. The summed E-state index contributed by atoms with van der Waals surface area (Å²) in [7, 11) is 4.23. The summed E-state index contributed by atoms with van der Waals surface area (Å²) in [5.74, 6) is -0.242. The normalized spacial score (nSPS) is 14.0. The lowest BCUT2D eigenvalue weighted by Crippen LogP contribution is -2.42. The number of methoxy groups -OCH3 is 3. The second-order valence-electron chi connectivity index (χ2n) is 5.65. The van der Waals surface area contributed by atoms with Gasteiger partial charge in [-0.3, -0.25) is 4.79 Å². The van der Waals surface area contributed by atoms with Gasteiger partial charge in [-0.25, -0.2) is 4.39 Å². The van der Waals surface area contributed by atoms with E-state index in [2.05, 4.69) is 21.2 Å². The molecule has 2 N–H and O–H groups in total. The predicted octanol–water partition coefficient (Wildman–Crippen LogP) is 3.12. The van der Waals surface area contributed by atoms with Crippen molar-refractivity contribution >= 4 is 21.8 Å². The van der Waals surface area contributed by atoms with Gasteiger partial charge in [0.2, 0.25) is 5.75 Å². The van der Waals surface area contributed by atoms with Crippen LogP contribution in [0.25, 0.3) is 0 Å². The van der Waals surface area contributed by atoms with Crippen molar-refractivity contribution in [2.45, 2.75) is 17.2 Å². The van der Waals surface area contributed by atoms with Gasteiger partial charge in [0, 0.05) is 6.54 Å². The quantitative estimate of drug-likeness (QED) is 0.615. The van der Waals surface area contributed by atoms with E-state index in [0.29, 0.717) is 5.75 Å². The molecule has 27 heavy (non-hydrogen) atoms. The second kappa shape index (κ2) is 9.05. The van der Waals surface area contributed by atoms with Crippen LogP contribution in [-0.4, -0.2) is 36.9 Å². The Morgan fingerprint density at radius 3 is 2.19 bits per heavy atom. The van der Waals surface area contributed by atoms with Crippen molar-refractivity contribution in [2.24, 2.45) is 0 Å². The van der Waals surface area contributed by atoms with Crippen LogP contribution >= 0.6 is 15.9 Å². The predicted molar refractivity (Wildman–Crippen MR) is 102 cm³/mol. The second-order valence-corrected chi connectivity index (χ2v) is 6.81. The smallest absolute Gasteiger partial charge is 0.272 e. The highest BCUT2D eigenvalue weighted by Crippen LogP contribution is 2.43. The molecule has 0 heterocycles. The number of rotatable bonds is 8. The van der Waals surface area contributed by atoms with Crippen molar-refractivity contribution < 1.29 is 28.5 Å². The zero-order chi connectivity index (χ0) is 20.0. The molecule has 8 heteroatoms. The van der Waals surface area contributed by atoms with Crippen molar-refractivity contribution in [1.82, 2.24) is 5.32 Å². The molecular formula is C19H21BrFNO5. The van der Waals surface area contributed by atoms with Crippen LogP contribution < -0.4 is 19.5 Å². The molecule has 0 spiro atoms. The summed E-state index contributed by atoms with van der Waals surface area (Å²) < 4.78 is 27.9. The van der Waals surface area contributed by atoms with Gasteiger partial charge in [0.15, 0.2) is 11.5 Å². The molecule has 0 fully saturated rings. The maximum Gasteiger partial charge on any atom is 0.272 e. The summed E-state index contributed by atoms with van der Waals surface area (Å²) in [5.41, 5.74) is 0.884. The minimum Gasteiger partial charge on any atom is -0.493 e. The molecule has 0 aromatic heterocycles. The van der Waals surface area contributed by atoms with Gasteiger partial charge >= 0.3 is 0 Å². The summed E-state index contributed by atoms with van der Waals surface area (Å²) in [6.07, 6.45) is -1.82. The van der Waals surface area contributed by atoms with E-state index in [9.17, 15) is 9.90 Å². The summed E-state index contributed by atoms with van der Waals surface area (Å²) in [6.45, 7) is 0.124. The summed E-state index contributed by atoms with van der Waals surface area (Å²) >= 11 is 2.71. The first-order chi connectivity index (χ1) is 12.8. The molecule has 0 bridgehead atoms. The summed E-state index contributed by atoms with van der Waals surface area (Å²) in [6, 6.07) is 11.8. The van der Waals surface area contributed by atoms with Crippen LogP contribution in [0.5, 0.6) is 17.2 Å².